The van der Waals surface area contributed by atoms with Gasteiger partial charge >= 0.3 is 0 Å². The van der Waals surface area contributed by atoms with Crippen LogP contribution in [0.2, 0.25) is 0 Å². The fourth-order valence-electron chi connectivity index (χ4n) is 3.57. The number of aryl methyl sites for hydroxylation is 2. The minimum absolute atomic E-state index is 0.149. The van der Waals surface area contributed by atoms with Gasteiger partial charge in [0.15, 0.2) is 0 Å². The van der Waals surface area contributed by atoms with E-state index in [9.17, 15) is 9.59 Å². The lowest BCUT2D eigenvalue weighted by atomic mass is 10.1. The van der Waals surface area contributed by atoms with Crippen LogP contribution in [-0.2, 0) is 19.4 Å². The van der Waals surface area contributed by atoms with E-state index in [4.69, 9.17) is 4.42 Å². The highest BCUT2D eigenvalue weighted by atomic mass is 16.3. The number of hydrogen-bond acceptors (Lipinski definition) is 4. The third-order valence-corrected chi connectivity index (χ3v) is 4.94. The number of nitrogens with one attached hydrogen (secondary N) is 1. The number of hydrogen-bond donors (Lipinski definition) is 1. The molecule has 0 atom stereocenters. The summed E-state index contributed by atoms with van der Waals surface area (Å²) in [6.45, 7) is 3.60. The third kappa shape index (κ3) is 2.89. The number of amides is 1. The Hall–Kier alpha value is -2.34. The number of fused-ring (bicyclic) bond motifs is 1. The van der Waals surface area contributed by atoms with Gasteiger partial charge in [0.2, 0.25) is 0 Å². The van der Waals surface area contributed by atoms with Crippen LogP contribution in [0.1, 0.15) is 33.8 Å². The molecule has 1 aliphatic carbocycles. The van der Waals surface area contributed by atoms with Crippen molar-refractivity contribution in [2.24, 2.45) is 0 Å². The molecule has 2 aromatic rings. The zero-order valence-corrected chi connectivity index (χ0v) is 13.6. The average molecular weight is 327 g/mol. The van der Waals surface area contributed by atoms with Crippen molar-refractivity contribution in [2.75, 3.05) is 26.2 Å². The Labute approximate surface area is 140 Å². The lowest BCUT2D eigenvalue weighted by Gasteiger charge is -2.34. The van der Waals surface area contributed by atoms with Crippen molar-refractivity contribution in [3.63, 3.8) is 0 Å². The molecule has 4 rings (SSSR count). The van der Waals surface area contributed by atoms with Crippen LogP contribution >= 0.6 is 0 Å². The number of aromatic amines is 1. The molecule has 1 fully saturated rings. The number of piperazine rings is 1. The molecule has 24 heavy (non-hydrogen) atoms. The van der Waals surface area contributed by atoms with Crippen molar-refractivity contribution in [1.82, 2.24) is 14.8 Å². The van der Waals surface area contributed by atoms with Crippen LogP contribution in [0.5, 0.6) is 0 Å². The molecule has 6 nitrogen and oxygen atoms in total. The summed E-state index contributed by atoms with van der Waals surface area (Å²) in [6.07, 6.45) is 4.58. The van der Waals surface area contributed by atoms with Crippen LogP contribution in [-0.4, -0.2) is 46.9 Å². The quantitative estimate of drug-likeness (QED) is 0.925. The van der Waals surface area contributed by atoms with Gasteiger partial charge in [0.05, 0.1) is 12.8 Å². The van der Waals surface area contributed by atoms with Gasteiger partial charge in [-0.25, -0.2) is 0 Å². The van der Waals surface area contributed by atoms with Crippen LogP contribution < -0.4 is 5.56 Å². The Balaban J connectivity index is 1.42. The summed E-state index contributed by atoms with van der Waals surface area (Å²) in [7, 11) is 0. The van der Waals surface area contributed by atoms with Gasteiger partial charge in [-0.2, -0.15) is 0 Å². The van der Waals surface area contributed by atoms with E-state index in [0.717, 1.165) is 55.9 Å². The van der Waals surface area contributed by atoms with Crippen LogP contribution in [0.4, 0.5) is 0 Å². The first kappa shape index (κ1) is 15.2. The van der Waals surface area contributed by atoms with Gasteiger partial charge in [-0.1, -0.05) is 0 Å². The second-order valence-corrected chi connectivity index (χ2v) is 6.52. The lowest BCUT2D eigenvalue weighted by Crippen LogP contribution is -2.49. The Morgan fingerprint density at radius 2 is 2.04 bits per heavy atom. The van der Waals surface area contributed by atoms with E-state index in [1.54, 1.807) is 17.2 Å². The van der Waals surface area contributed by atoms with Crippen molar-refractivity contribution in [2.45, 2.75) is 25.8 Å². The third-order valence-electron chi connectivity index (χ3n) is 4.94. The van der Waals surface area contributed by atoms with Crippen LogP contribution in [0.15, 0.2) is 33.7 Å². The van der Waals surface area contributed by atoms with Gasteiger partial charge in [0.1, 0.15) is 11.3 Å². The monoisotopic (exact) mass is 327 g/mol. The number of furan rings is 1. The molecule has 1 aliphatic heterocycles. The first-order valence-corrected chi connectivity index (χ1v) is 8.50. The highest BCUT2D eigenvalue weighted by Crippen LogP contribution is 2.19. The van der Waals surface area contributed by atoms with Crippen molar-refractivity contribution in [1.29, 1.82) is 0 Å². The Morgan fingerprint density at radius 3 is 2.79 bits per heavy atom. The summed E-state index contributed by atoms with van der Waals surface area (Å²) in [6, 6.07) is 5.65. The molecule has 1 N–H and O–H groups in total. The van der Waals surface area contributed by atoms with Gasteiger partial charge in [0.25, 0.3) is 11.5 Å². The first-order chi connectivity index (χ1) is 11.7. The van der Waals surface area contributed by atoms with E-state index in [-0.39, 0.29) is 17.0 Å². The fraction of sp³-hybridized carbons (Fsp3) is 0.444. The summed E-state index contributed by atoms with van der Waals surface area (Å²) in [5.41, 5.74) is 2.16. The summed E-state index contributed by atoms with van der Waals surface area (Å²) in [5, 5.41) is 0. The summed E-state index contributed by atoms with van der Waals surface area (Å²) >= 11 is 0. The lowest BCUT2D eigenvalue weighted by molar-refractivity contribution is 0.0618. The van der Waals surface area contributed by atoms with Crippen LogP contribution in [0.25, 0.3) is 0 Å². The minimum atomic E-state index is -0.251. The highest BCUT2D eigenvalue weighted by molar-refractivity contribution is 5.94. The molecule has 3 heterocycles. The molecule has 1 amide bonds. The van der Waals surface area contributed by atoms with Gasteiger partial charge in [-0.05, 0) is 43.0 Å². The van der Waals surface area contributed by atoms with Crippen molar-refractivity contribution < 1.29 is 9.21 Å². The average Bonchev–Trinajstić information content (AvgIpc) is 3.25. The second-order valence-electron chi connectivity index (χ2n) is 6.52. The number of H-pyrrole nitrogens is 1. The number of aromatic nitrogens is 1. The molecule has 0 aromatic carbocycles. The van der Waals surface area contributed by atoms with Gasteiger partial charge in [-0.15, -0.1) is 0 Å². The molecule has 2 aromatic heterocycles. The zero-order chi connectivity index (χ0) is 16.5. The Bertz CT molecular complexity index is 786. The molecule has 0 unspecified atom stereocenters. The van der Waals surface area contributed by atoms with E-state index in [1.807, 2.05) is 12.1 Å². The number of rotatable bonds is 3. The second kappa shape index (κ2) is 6.28. The number of carbonyl (C=O) groups is 1. The van der Waals surface area contributed by atoms with E-state index in [1.165, 1.54) is 0 Å². The summed E-state index contributed by atoms with van der Waals surface area (Å²) in [4.78, 5) is 31.9. The van der Waals surface area contributed by atoms with Crippen LogP contribution in [0.3, 0.4) is 0 Å². The zero-order valence-electron chi connectivity index (χ0n) is 13.6. The van der Waals surface area contributed by atoms with Crippen molar-refractivity contribution >= 4 is 5.91 Å². The molecular weight excluding hydrogens is 306 g/mol. The molecule has 6 heteroatoms. The maximum atomic E-state index is 12.7. The van der Waals surface area contributed by atoms with Crippen molar-refractivity contribution in [3.05, 3.63) is 57.4 Å². The Kier molecular flexibility index (Phi) is 3.98. The molecule has 0 radical (unpaired) electrons. The van der Waals surface area contributed by atoms with E-state index >= 15 is 0 Å². The highest BCUT2D eigenvalue weighted by Gasteiger charge is 2.25. The van der Waals surface area contributed by atoms with E-state index in [2.05, 4.69) is 9.88 Å². The maximum Gasteiger partial charge on any atom is 0.261 e. The largest absolute Gasteiger partial charge is 0.468 e. The van der Waals surface area contributed by atoms with E-state index in [0.29, 0.717) is 13.1 Å². The standard InChI is InChI=1S/C18H21N3O3/c22-17-15(11-13-3-1-5-16(13)19-17)18(23)21-8-6-20(7-9-21)12-14-4-2-10-24-14/h2,4,10-11H,1,3,5-9,12H2,(H,19,22). The number of carbonyl (C=O) groups excluding carboxylic acids is 1. The minimum Gasteiger partial charge on any atom is -0.468 e. The SMILES string of the molecule is O=C(c1cc2c([nH]c1=O)CCC2)N1CCN(Cc2ccco2)CC1. The van der Waals surface area contributed by atoms with Gasteiger partial charge < -0.3 is 14.3 Å². The molecule has 0 saturated carbocycles. The smallest absolute Gasteiger partial charge is 0.261 e. The predicted octanol–water partition coefficient (Wildman–Crippen LogP) is 1.41. The number of nitrogens with zero attached hydrogens (tertiary/aromatic N) is 2. The number of pyridine rings is 1. The molecule has 126 valence electrons. The molecule has 2 aliphatic rings. The van der Waals surface area contributed by atoms with E-state index < -0.39 is 0 Å². The van der Waals surface area contributed by atoms with Crippen LogP contribution in [0, 0.1) is 0 Å². The topological polar surface area (TPSA) is 69.6 Å². The Morgan fingerprint density at radius 1 is 1.21 bits per heavy atom. The van der Waals surface area contributed by atoms with Gasteiger partial charge in [-0.3, -0.25) is 14.5 Å². The molecular formula is C18H21N3O3. The first-order valence-electron chi connectivity index (χ1n) is 8.50. The van der Waals surface area contributed by atoms with Crippen molar-refractivity contribution in [3.8, 4) is 0 Å². The summed E-state index contributed by atoms with van der Waals surface area (Å²) in [5.74, 6) is 0.786. The maximum absolute atomic E-state index is 12.7. The summed E-state index contributed by atoms with van der Waals surface area (Å²) < 4.78 is 5.37. The molecule has 1 saturated heterocycles. The molecule has 0 bridgehead atoms. The van der Waals surface area contributed by atoms with Gasteiger partial charge in [0, 0.05) is 31.9 Å². The normalized spacial score (nSPS) is 17.9. The fourth-order valence-corrected chi connectivity index (χ4v) is 3.57. The molecule has 0 spiro atoms. The predicted molar refractivity (Wildman–Crippen MR) is 89.0 cm³/mol.